The number of nitrogens with zero attached hydrogens (tertiary/aromatic N) is 1. The number of carbonyl (C=O) groups excluding carboxylic acids is 1. The molecule has 1 aromatic carbocycles. The molecule has 0 radical (unpaired) electrons. The van der Waals surface area contributed by atoms with Crippen LogP contribution in [0.15, 0.2) is 40.9 Å². The van der Waals surface area contributed by atoms with Crippen molar-refractivity contribution in [3.63, 3.8) is 0 Å². The van der Waals surface area contributed by atoms with Gasteiger partial charge in [0, 0.05) is 26.1 Å². The molecular weight excluding hydrogens is 338 g/mol. The average molecular weight is 355 g/mol. The van der Waals surface area contributed by atoms with Crippen LogP contribution in [0, 0.1) is 11.3 Å². The van der Waals surface area contributed by atoms with E-state index in [4.69, 9.17) is 19.3 Å². The van der Waals surface area contributed by atoms with E-state index < -0.39 is 22.3 Å². The fourth-order valence-electron chi connectivity index (χ4n) is 1.60. The van der Waals surface area contributed by atoms with E-state index in [1.54, 1.807) is 6.07 Å². The first kappa shape index (κ1) is 19.6. The van der Waals surface area contributed by atoms with Crippen LogP contribution in [-0.2, 0) is 24.4 Å². The van der Waals surface area contributed by atoms with Crippen molar-refractivity contribution in [3.8, 4) is 6.07 Å². The number of methoxy groups -OCH3 is 2. The van der Waals surface area contributed by atoms with Crippen molar-refractivity contribution in [2.45, 2.75) is 11.2 Å². The van der Waals surface area contributed by atoms with E-state index >= 15 is 0 Å². The molecule has 1 aromatic rings. The van der Waals surface area contributed by atoms with Crippen molar-refractivity contribution < 1.29 is 27.2 Å². The first-order valence-electron chi connectivity index (χ1n) is 6.60. The number of rotatable bonds is 8. The molecule has 0 heterocycles. The lowest BCUT2D eigenvalue weighted by atomic mass is 10.2. The van der Waals surface area contributed by atoms with Crippen LogP contribution in [0.5, 0.6) is 0 Å². The summed E-state index contributed by atoms with van der Waals surface area (Å²) >= 11 is 0. The van der Waals surface area contributed by atoms with Crippen LogP contribution >= 0.6 is 0 Å². The van der Waals surface area contributed by atoms with E-state index in [0.29, 0.717) is 0 Å². The summed E-state index contributed by atoms with van der Waals surface area (Å²) in [5.41, 5.74) is -0.124. The van der Waals surface area contributed by atoms with Gasteiger partial charge in [-0.25, -0.2) is 0 Å². The summed E-state index contributed by atoms with van der Waals surface area (Å²) < 4.78 is 41.0. The Morgan fingerprint density at radius 2 is 2.08 bits per heavy atom. The summed E-state index contributed by atoms with van der Waals surface area (Å²) in [7, 11) is -1.50. The molecule has 0 saturated carbocycles. The second-order valence-electron chi connectivity index (χ2n) is 4.44. The predicted octanol–water partition coefficient (Wildman–Crippen LogP) is 0.488. The maximum absolute atomic E-state index is 12.0. The Hall–Kier alpha value is -2.45. The zero-order chi connectivity index (χ0) is 18.2. The van der Waals surface area contributed by atoms with Crippen LogP contribution in [0.2, 0.25) is 0 Å². The average Bonchev–Trinajstić information content (AvgIpc) is 2.54. The molecule has 0 atom stereocenters. The van der Waals surface area contributed by atoms with Gasteiger partial charge in [0.1, 0.15) is 11.6 Å². The zero-order valence-electron chi connectivity index (χ0n) is 13.0. The summed E-state index contributed by atoms with van der Waals surface area (Å²) in [6.45, 7) is 0.212. The lowest BCUT2D eigenvalue weighted by Gasteiger charge is -2.13. The number of nitriles is 1. The number of nitrogens with one attached hydrogen (secondary N) is 2. The molecule has 0 aliphatic rings. The number of ether oxygens (including phenoxy) is 2. The van der Waals surface area contributed by atoms with Crippen molar-refractivity contribution >= 4 is 21.7 Å². The molecule has 3 N–H and O–H groups in total. The third-order valence-electron chi connectivity index (χ3n) is 2.81. The van der Waals surface area contributed by atoms with Crippen LogP contribution in [0.1, 0.15) is 0 Å². The molecule has 1 rings (SSSR count). The van der Waals surface area contributed by atoms with E-state index in [1.807, 2.05) is 0 Å². The van der Waals surface area contributed by atoms with E-state index in [1.165, 1.54) is 38.6 Å². The van der Waals surface area contributed by atoms with Gasteiger partial charge in [-0.3, -0.25) is 9.35 Å². The summed E-state index contributed by atoms with van der Waals surface area (Å²) in [6, 6.07) is 6.71. The van der Waals surface area contributed by atoms with Crippen molar-refractivity contribution in [1.82, 2.24) is 5.32 Å². The van der Waals surface area contributed by atoms with Gasteiger partial charge in [-0.15, -0.1) is 0 Å². The number of benzene rings is 1. The molecule has 1 amide bonds. The maximum atomic E-state index is 12.0. The summed E-state index contributed by atoms with van der Waals surface area (Å²) in [4.78, 5) is 11.6. The van der Waals surface area contributed by atoms with Gasteiger partial charge >= 0.3 is 0 Å². The van der Waals surface area contributed by atoms with Gasteiger partial charge in [0.15, 0.2) is 6.29 Å². The number of anilines is 1. The van der Waals surface area contributed by atoms with Gasteiger partial charge in [-0.05, 0) is 18.2 Å². The van der Waals surface area contributed by atoms with Crippen molar-refractivity contribution in [2.24, 2.45) is 0 Å². The Morgan fingerprint density at radius 3 is 2.62 bits per heavy atom. The second kappa shape index (κ2) is 8.99. The number of carbonyl (C=O) groups is 1. The molecule has 0 aromatic heterocycles. The minimum atomic E-state index is -4.39. The highest BCUT2D eigenvalue weighted by atomic mass is 32.2. The second-order valence-corrected chi connectivity index (χ2v) is 5.86. The Kier molecular flexibility index (Phi) is 7.34. The molecule has 10 heteroatoms. The van der Waals surface area contributed by atoms with Crippen molar-refractivity contribution in [3.05, 3.63) is 36.0 Å². The van der Waals surface area contributed by atoms with Gasteiger partial charge in [0.2, 0.25) is 0 Å². The smallest absolute Gasteiger partial charge is 0.294 e. The molecule has 130 valence electrons. The van der Waals surface area contributed by atoms with Crippen LogP contribution in [0.25, 0.3) is 0 Å². The molecule has 0 bridgehead atoms. The quantitative estimate of drug-likeness (QED) is 0.265. The standard InChI is InChI=1S/C14H17N3O6S/c1-22-13(23-2)9-16-8-10(7-15)14(18)17-11-4-3-5-12(6-11)24(19,20)21/h3-6,8,13,16H,9H2,1-2H3,(H,17,18)(H,19,20,21)/b10-8-. The molecule has 9 nitrogen and oxygen atoms in total. The van der Waals surface area contributed by atoms with Gasteiger partial charge in [0.25, 0.3) is 16.0 Å². The van der Waals surface area contributed by atoms with Crippen LogP contribution in [0.3, 0.4) is 0 Å². The third-order valence-corrected chi connectivity index (χ3v) is 3.66. The Labute approximate surface area is 139 Å². The minimum Gasteiger partial charge on any atom is -0.385 e. The SMILES string of the molecule is COC(CN/C=C(/C#N)C(=O)Nc1cccc(S(=O)(=O)O)c1)OC. The van der Waals surface area contributed by atoms with Gasteiger partial charge in [-0.2, -0.15) is 13.7 Å². The van der Waals surface area contributed by atoms with E-state index in [2.05, 4.69) is 10.6 Å². The van der Waals surface area contributed by atoms with Crippen molar-refractivity contribution in [2.75, 3.05) is 26.1 Å². The van der Waals surface area contributed by atoms with Gasteiger partial charge < -0.3 is 20.1 Å². The predicted molar refractivity (Wildman–Crippen MR) is 84.4 cm³/mol. The molecule has 0 aliphatic carbocycles. The summed E-state index contributed by atoms with van der Waals surface area (Å²) in [5, 5.41) is 14.1. The van der Waals surface area contributed by atoms with Crippen LogP contribution in [0.4, 0.5) is 5.69 Å². The van der Waals surface area contributed by atoms with Crippen LogP contribution in [-0.4, -0.2) is 45.9 Å². The monoisotopic (exact) mass is 355 g/mol. The van der Waals surface area contributed by atoms with E-state index in [0.717, 1.165) is 6.07 Å². The van der Waals surface area contributed by atoms with Gasteiger partial charge in [-0.1, -0.05) is 6.07 Å². The van der Waals surface area contributed by atoms with E-state index in [9.17, 15) is 13.2 Å². The first-order valence-corrected chi connectivity index (χ1v) is 8.04. The normalized spacial score (nSPS) is 11.9. The Morgan fingerprint density at radius 1 is 1.42 bits per heavy atom. The topological polar surface area (TPSA) is 138 Å². The lowest BCUT2D eigenvalue weighted by Crippen LogP contribution is -2.27. The maximum Gasteiger partial charge on any atom is 0.294 e. The molecule has 24 heavy (non-hydrogen) atoms. The van der Waals surface area contributed by atoms with Gasteiger partial charge in [0.05, 0.1) is 11.4 Å². The highest BCUT2D eigenvalue weighted by Gasteiger charge is 2.13. The summed E-state index contributed by atoms with van der Waals surface area (Å²) in [5.74, 6) is -0.746. The highest BCUT2D eigenvalue weighted by Crippen LogP contribution is 2.15. The van der Waals surface area contributed by atoms with E-state index in [-0.39, 0.29) is 22.7 Å². The molecular formula is C14H17N3O6S. The fraction of sp³-hybridized carbons (Fsp3) is 0.286. The Bertz CT molecular complexity index is 750. The molecule has 0 aliphatic heterocycles. The number of amides is 1. The Balaban J connectivity index is 2.80. The van der Waals surface area contributed by atoms with Crippen molar-refractivity contribution in [1.29, 1.82) is 5.26 Å². The highest BCUT2D eigenvalue weighted by molar-refractivity contribution is 7.85. The molecule has 0 spiro atoms. The molecule has 0 saturated heterocycles. The third kappa shape index (κ3) is 5.98. The fourth-order valence-corrected chi connectivity index (χ4v) is 2.13. The lowest BCUT2D eigenvalue weighted by molar-refractivity contribution is -0.112. The summed E-state index contributed by atoms with van der Waals surface area (Å²) in [6.07, 6.45) is 0.642. The van der Waals surface area contributed by atoms with Crippen LogP contribution < -0.4 is 10.6 Å². The molecule has 0 fully saturated rings. The first-order chi connectivity index (χ1) is 11.3. The molecule has 0 unspecified atom stereocenters. The zero-order valence-corrected chi connectivity index (χ0v) is 13.8. The largest absolute Gasteiger partial charge is 0.385 e. The minimum absolute atomic E-state index is 0.114. The number of hydrogen-bond acceptors (Lipinski definition) is 7. The number of hydrogen-bond donors (Lipinski definition) is 3.